The fourth-order valence-electron chi connectivity index (χ4n) is 1.77. The Labute approximate surface area is 108 Å². The monoisotopic (exact) mass is 238 g/mol. The smallest absolute Gasteiger partial charge is 0.0937 e. The molecule has 2 rings (SSSR count). The molecule has 0 saturated heterocycles. The second-order valence-corrected chi connectivity index (χ2v) is 3.66. The average Bonchev–Trinajstić information content (AvgIpc) is 2.39. The molecular formula is C16H18N2. The lowest BCUT2D eigenvalue weighted by atomic mass is 10.0. The summed E-state index contributed by atoms with van der Waals surface area (Å²) < 4.78 is 0. The first kappa shape index (κ1) is 13.7. The van der Waals surface area contributed by atoms with Gasteiger partial charge in [0.1, 0.15) is 0 Å². The zero-order chi connectivity index (χ0) is 12.3. The third-order valence-electron chi connectivity index (χ3n) is 2.66. The Balaban J connectivity index is 0.00000162. The zero-order valence-corrected chi connectivity index (χ0v) is 9.56. The Bertz CT molecular complexity index is 557. The van der Waals surface area contributed by atoms with Crippen molar-refractivity contribution in [2.45, 2.75) is 7.43 Å². The van der Waals surface area contributed by atoms with Crippen LogP contribution in [0.5, 0.6) is 0 Å². The number of anilines is 1. The van der Waals surface area contributed by atoms with E-state index in [2.05, 4.69) is 18.1 Å². The largest absolute Gasteiger partial charge is 0.396 e. The number of hydrogen-bond donors (Lipinski definition) is 1. The van der Waals surface area contributed by atoms with Crippen molar-refractivity contribution in [3.63, 3.8) is 0 Å². The molecule has 0 aliphatic heterocycles. The molecule has 0 bridgehead atoms. The summed E-state index contributed by atoms with van der Waals surface area (Å²) in [4.78, 5) is 4.38. The molecule has 2 heteroatoms. The van der Waals surface area contributed by atoms with Crippen LogP contribution in [0.2, 0.25) is 0 Å². The minimum Gasteiger partial charge on any atom is -0.396 e. The minimum absolute atomic E-state index is 0. The fourth-order valence-corrected chi connectivity index (χ4v) is 1.77. The van der Waals surface area contributed by atoms with Gasteiger partial charge in [-0.25, -0.2) is 0 Å². The summed E-state index contributed by atoms with van der Waals surface area (Å²) in [6, 6.07) is 9.86. The van der Waals surface area contributed by atoms with Gasteiger partial charge >= 0.3 is 0 Å². The van der Waals surface area contributed by atoms with Gasteiger partial charge < -0.3 is 5.73 Å². The van der Waals surface area contributed by atoms with Gasteiger partial charge in [-0.3, -0.25) is 4.98 Å². The van der Waals surface area contributed by atoms with E-state index >= 15 is 0 Å². The highest BCUT2D eigenvalue weighted by Crippen LogP contribution is 2.29. The molecular weight excluding hydrogens is 220 g/mol. The molecule has 0 radical (unpaired) electrons. The number of nitrogen functional groups attached to an aromatic ring is 1. The molecule has 0 saturated carbocycles. The summed E-state index contributed by atoms with van der Waals surface area (Å²) in [5, 5.41) is 0. The lowest BCUT2D eigenvalue weighted by Gasteiger charge is -2.10. The average molecular weight is 238 g/mol. The molecule has 0 amide bonds. The van der Waals surface area contributed by atoms with Crippen molar-refractivity contribution in [1.82, 2.24) is 4.98 Å². The molecule has 0 aliphatic carbocycles. The Hall–Kier alpha value is -2.35. The second kappa shape index (κ2) is 5.82. The van der Waals surface area contributed by atoms with E-state index in [0.717, 1.165) is 22.4 Å². The van der Waals surface area contributed by atoms with Crippen LogP contribution < -0.4 is 5.73 Å². The molecule has 0 aliphatic rings. The number of benzene rings is 1. The molecule has 0 unspecified atom stereocenters. The fraction of sp³-hybridized carbons (Fsp3) is 0.0625. The summed E-state index contributed by atoms with van der Waals surface area (Å²) in [5.74, 6) is 0. The SMILES string of the molecule is C.C=Cc1cnc(-c2ccccc2)c(N)c1C=C. The molecule has 2 aromatic rings. The second-order valence-electron chi connectivity index (χ2n) is 3.66. The number of pyridine rings is 1. The van der Waals surface area contributed by atoms with Gasteiger partial charge in [0.2, 0.25) is 0 Å². The van der Waals surface area contributed by atoms with Crippen molar-refractivity contribution in [3.05, 3.63) is 60.8 Å². The number of rotatable bonds is 3. The molecule has 2 N–H and O–H groups in total. The highest BCUT2D eigenvalue weighted by Gasteiger charge is 2.09. The molecule has 0 atom stereocenters. The van der Waals surface area contributed by atoms with Gasteiger partial charge in [-0.1, -0.05) is 63.1 Å². The number of hydrogen-bond acceptors (Lipinski definition) is 2. The van der Waals surface area contributed by atoms with E-state index in [9.17, 15) is 0 Å². The molecule has 2 nitrogen and oxygen atoms in total. The van der Waals surface area contributed by atoms with Crippen molar-refractivity contribution in [2.75, 3.05) is 5.73 Å². The standard InChI is InChI=1S/C15H14N2.CH4/c1-3-11-10-17-15(14(16)13(11)4-2)12-8-6-5-7-9-12;/h3-10H,1-2,16H2;1H4. The van der Waals surface area contributed by atoms with Crippen LogP contribution in [0.15, 0.2) is 49.7 Å². The van der Waals surface area contributed by atoms with E-state index in [1.54, 1.807) is 18.3 Å². The number of nitrogens with two attached hydrogens (primary N) is 1. The van der Waals surface area contributed by atoms with Crippen molar-refractivity contribution in [3.8, 4) is 11.3 Å². The maximum atomic E-state index is 6.12. The lowest BCUT2D eigenvalue weighted by Crippen LogP contribution is -1.98. The van der Waals surface area contributed by atoms with Crippen LogP contribution in [0.1, 0.15) is 18.6 Å². The van der Waals surface area contributed by atoms with Crippen LogP contribution >= 0.6 is 0 Å². The summed E-state index contributed by atoms with van der Waals surface area (Å²) >= 11 is 0. The third kappa shape index (κ3) is 2.33. The Morgan fingerprint density at radius 2 is 1.72 bits per heavy atom. The first-order valence-corrected chi connectivity index (χ1v) is 5.36. The maximum absolute atomic E-state index is 6.12. The maximum Gasteiger partial charge on any atom is 0.0937 e. The Kier molecular flexibility index (Phi) is 4.44. The van der Waals surface area contributed by atoms with E-state index < -0.39 is 0 Å². The highest BCUT2D eigenvalue weighted by molar-refractivity contribution is 5.83. The van der Waals surface area contributed by atoms with Gasteiger partial charge in [-0.15, -0.1) is 0 Å². The summed E-state index contributed by atoms with van der Waals surface area (Å²) in [7, 11) is 0. The normalized spacial score (nSPS) is 9.33. The van der Waals surface area contributed by atoms with E-state index in [1.807, 2.05) is 30.3 Å². The molecule has 0 fully saturated rings. The third-order valence-corrected chi connectivity index (χ3v) is 2.66. The summed E-state index contributed by atoms with van der Waals surface area (Å²) in [6.45, 7) is 7.52. The molecule has 1 heterocycles. The molecule has 0 spiro atoms. The molecule has 92 valence electrons. The molecule has 1 aromatic heterocycles. The first-order valence-electron chi connectivity index (χ1n) is 5.36. The van der Waals surface area contributed by atoms with Gasteiger partial charge in [0.25, 0.3) is 0 Å². The predicted octanol–water partition coefficient (Wildman–Crippen LogP) is 4.25. The van der Waals surface area contributed by atoms with Gasteiger partial charge in [-0.2, -0.15) is 0 Å². The van der Waals surface area contributed by atoms with E-state index in [1.165, 1.54) is 0 Å². The Morgan fingerprint density at radius 3 is 2.28 bits per heavy atom. The predicted molar refractivity (Wildman–Crippen MR) is 81.0 cm³/mol. The van der Waals surface area contributed by atoms with Crippen LogP contribution in [0, 0.1) is 0 Å². The molecule has 18 heavy (non-hydrogen) atoms. The minimum atomic E-state index is 0. The number of nitrogens with zero attached hydrogens (tertiary/aromatic N) is 1. The zero-order valence-electron chi connectivity index (χ0n) is 9.56. The quantitative estimate of drug-likeness (QED) is 0.868. The topological polar surface area (TPSA) is 38.9 Å². The summed E-state index contributed by atoms with van der Waals surface area (Å²) in [5.41, 5.74) is 10.3. The van der Waals surface area contributed by atoms with Crippen molar-refractivity contribution in [1.29, 1.82) is 0 Å². The van der Waals surface area contributed by atoms with Crippen LogP contribution in [-0.2, 0) is 0 Å². The first-order chi connectivity index (χ1) is 8.27. The summed E-state index contributed by atoms with van der Waals surface area (Å²) in [6.07, 6.45) is 5.23. The van der Waals surface area contributed by atoms with Gasteiger partial charge in [0.15, 0.2) is 0 Å². The van der Waals surface area contributed by atoms with Crippen molar-refractivity contribution >= 4 is 17.8 Å². The van der Waals surface area contributed by atoms with E-state index in [-0.39, 0.29) is 7.43 Å². The van der Waals surface area contributed by atoms with Crippen LogP contribution in [0.4, 0.5) is 5.69 Å². The van der Waals surface area contributed by atoms with E-state index in [0.29, 0.717) is 5.69 Å². The van der Waals surface area contributed by atoms with Crippen LogP contribution in [0.3, 0.4) is 0 Å². The van der Waals surface area contributed by atoms with Crippen LogP contribution in [0.25, 0.3) is 23.4 Å². The molecule has 1 aromatic carbocycles. The van der Waals surface area contributed by atoms with E-state index in [4.69, 9.17) is 5.73 Å². The van der Waals surface area contributed by atoms with Gasteiger partial charge in [0, 0.05) is 22.9 Å². The lowest BCUT2D eigenvalue weighted by molar-refractivity contribution is 1.31. The van der Waals surface area contributed by atoms with Gasteiger partial charge in [-0.05, 0) is 0 Å². The van der Waals surface area contributed by atoms with Crippen LogP contribution in [-0.4, -0.2) is 4.98 Å². The number of aromatic nitrogens is 1. The Morgan fingerprint density at radius 1 is 1.06 bits per heavy atom. The van der Waals surface area contributed by atoms with Gasteiger partial charge in [0.05, 0.1) is 11.4 Å². The van der Waals surface area contributed by atoms with Crippen molar-refractivity contribution < 1.29 is 0 Å². The highest BCUT2D eigenvalue weighted by atomic mass is 14.7. The van der Waals surface area contributed by atoms with Crippen molar-refractivity contribution in [2.24, 2.45) is 0 Å².